The van der Waals surface area contributed by atoms with Crippen molar-refractivity contribution in [1.29, 1.82) is 0 Å². The minimum absolute atomic E-state index is 0.398. The molecule has 98 valence electrons. The average Bonchev–Trinajstić information content (AvgIpc) is 2.74. The zero-order valence-corrected chi connectivity index (χ0v) is 10.7. The van der Waals surface area contributed by atoms with Crippen LogP contribution < -0.4 is 5.73 Å². The van der Waals surface area contributed by atoms with Gasteiger partial charge in [0.15, 0.2) is 0 Å². The number of primary amides is 1. The van der Waals surface area contributed by atoms with Gasteiger partial charge < -0.3 is 15.7 Å². The van der Waals surface area contributed by atoms with Gasteiger partial charge in [0.1, 0.15) is 13.1 Å². The average molecular weight is 270 g/mol. The Hall–Kier alpha value is -1.89. The second kappa shape index (κ2) is 6.15. The summed E-state index contributed by atoms with van der Waals surface area (Å²) in [5.41, 5.74) is 4.99. The predicted octanol–water partition coefficient (Wildman–Crippen LogP) is 0.323. The summed E-state index contributed by atoms with van der Waals surface area (Å²) in [6.07, 6.45) is 0.798. The van der Waals surface area contributed by atoms with Crippen LogP contribution in [0.3, 0.4) is 0 Å². The molecular weight excluding hydrogens is 256 g/mol. The fraction of sp³-hybridized carbons (Fsp3) is 0.364. The first-order valence-corrected chi connectivity index (χ1v) is 6.13. The molecule has 0 aliphatic carbocycles. The highest BCUT2D eigenvalue weighted by Crippen LogP contribution is 2.18. The van der Waals surface area contributed by atoms with Crippen molar-refractivity contribution in [2.75, 3.05) is 13.1 Å². The monoisotopic (exact) mass is 270 g/mol. The molecule has 6 nitrogen and oxygen atoms in total. The number of carbonyl (C=O) groups is 3. The number of aliphatic carboxylic acids is 1. The van der Waals surface area contributed by atoms with Gasteiger partial charge in [-0.3, -0.25) is 14.4 Å². The van der Waals surface area contributed by atoms with Crippen LogP contribution in [0.1, 0.15) is 21.5 Å². The number of rotatable bonds is 6. The van der Waals surface area contributed by atoms with E-state index in [2.05, 4.69) is 0 Å². The lowest BCUT2D eigenvalue weighted by atomic mass is 10.3. The van der Waals surface area contributed by atoms with E-state index < -0.39 is 30.9 Å². The molecule has 0 unspecified atom stereocenters. The molecule has 2 amide bonds. The van der Waals surface area contributed by atoms with Crippen LogP contribution in [0.2, 0.25) is 0 Å². The summed E-state index contributed by atoms with van der Waals surface area (Å²) >= 11 is 1.29. The van der Waals surface area contributed by atoms with E-state index in [-0.39, 0.29) is 0 Å². The number of carboxylic acids is 1. The minimum atomic E-state index is -1.18. The molecule has 1 heterocycles. The number of carboxylic acid groups (broad SMARTS) is 1. The molecule has 0 spiro atoms. The van der Waals surface area contributed by atoms with Crippen molar-refractivity contribution < 1.29 is 19.5 Å². The largest absolute Gasteiger partial charge is 0.480 e. The smallest absolute Gasteiger partial charge is 0.323 e. The van der Waals surface area contributed by atoms with Gasteiger partial charge >= 0.3 is 5.97 Å². The summed E-state index contributed by atoms with van der Waals surface area (Å²) in [4.78, 5) is 35.8. The number of nitrogens with zero attached hydrogens (tertiary/aromatic N) is 1. The molecule has 1 aromatic rings. The molecule has 0 saturated carbocycles. The van der Waals surface area contributed by atoms with E-state index in [1.54, 1.807) is 12.1 Å². The van der Waals surface area contributed by atoms with Crippen molar-refractivity contribution in [2.24, 2.45) is 5.73 Å². The molecule has 0 saturated heterocycles. The highest BCUT2D eigenvalue weighted by atomic mass is 32.1. The van der Waals surface area contributed by atoms with Crippen molar-refractivity contribution in [3.05, 3.63) is 21.9 Å². The number of carbonyl (C=O) groups excluding carboxylic acids is 2. The topological polar surface area (TPSA) is 101 Å². The summed E-state index contributed by atoms with van der Waals surface area (Å²) in [5, 5.41) is 8.70. The van der Waals surface area contributed by atoms with Crippen LogP contribution in [0.15, 0.2) is 12.1 Å². The Labute approximate surface area is 108 Å². The zero-order valence-electron chi connectivity index (χ0n) is 9.88. The first-order valence-electron chi connectivity index (χ1n) is 5.32. The van der Waals surface area contributed by atoms with E-state index in [1.807, 2.05) is 6.92 Å². The van der Waals surface area contributed by atoms with E-state index in [0.29, 0.717) is 4.88 Å². The molecule has 7 heteroatoms. The highest BCUT2D eigenvalue weighted by Gasteiger charge is 2.21. The maximum absolute atomic E-state index is 12.0. The Kier molecular flexibility index (Phi) is 4.85. The Balaban J connectivity index is 2.86. The molecule has 0 fully saturated rings. The molecule has 0 aliphatic rings. The van der Waals surface area contributed by atoms with E-state index in [4.69, 9.17) is 10.8 Å². The van der Waals surface area contributed by atoms with Gasteiger partial charge in [-0.05, 0) is 18.6 Å². The van der Waals surface area contributed by atoms with Crippen LogP contribution in [0.25, 0.3) is 0 Å². The van der Waals surface area contributed by atoms with E-state index >= 15 is 0 Å². The van der Waals surface area contributed by atoms with E-state index in [9.17, 15) is 14.4 Å². The summed E-state index contributed by atoms with van der Waals surface area (Å²) in [6.45, 7) is 1.02. The van der Waals surface area contributed by atoms with Gasteiger partial charge in [-0.15, -0.1) is 11.3 Å². The third-order valence-electron chi connectivity index (χ3n) is 2.18. The fourth-order valence-corrected chi connectivity index (χ4v) is 2.30. The van der Waals surface area contributed by atoms with Crippen LogP contribution >= 0.6 is 11.3 Å². The predicted molar refractivity (Wildman–Crippen MR) is 66.4 cm³/mol. The standard InChI is InChI=1S/C11H14N2O4S/c1-2-7-3-4-8(18-7)11(17)13(5-9(12)14)6-10(15)16/h3-4H,2,5-6H2,1H3,(H2,12,14)(H,15,16). The first-order chi connectivity index (χ1) is 8.43. The van der Waals surface area contributed by atoms with E-state index in [1.165, 1.54) is 11.3 Å². The third-order valence-corrected chi connectivity index (χ3v) is 3.40. The first kappa shape index (κ1) is 14.2. The molecule has 0 atom stereocenters. The van der Waals surface area contributed by atoms with Gasteiger partial charge in [-0.25, -0.2) is 0 Å². The number of aryl methyl sites for hydroxylation is 1. The second-order valence-electron chi connectivity index (χ2n) is 3.64. The Morgan fingerprint density at radius 2 is 2.00 bits per heavy atom. The number of hydrogen-bond donors (Lipinski definition) is 2. The van der Waals surface area contributed by atoms with Gasteiger partial charge in [0, 0.05) is 4.88 Å². The van der Waals surface area contributed by atoms with Crippen LogP contribution in [-0.2, 0) is 16.0 Å². The maximum atomic E-state index is 12.0. The number of amides is 2. The SMILES string of the molecule is CCc1ccc(C(=O)N(CC(N)=O)CC(=O)O)s1. The van der Waals surface area contributed by atoms with Crippen molar-refractivity contribution in [3.63, 3.8) is 0 Å². The molecule has 1 rings (SSSR count). The second-order valence-corrected chi connectivity index (χ2v) is 4.81. The van der Waals surface area contributed by atoms with E-state index in [0.717, 1.165) is 16.2 Å². The summed E-state index contributed by atoms with van der Waals surface area (Å²) < 4.78 is 0. The van der Waals surface area contributed by atoms with Gasteiger partial charge in [-0.2, -0.15) is 0 Å². The minimum Gasteiger partial charge on any atom is -0.480 e. The zero-order chi connectivity index (χ0) is 13.7. The van der Waals surface area contributed by atoms with Gasteiger partial charge in [-0.1, -0.05) is 6.92 Å². The molecule has 3 N–H and O–H groups in total. The van der Waals surface area contributed by atoms with Crippen molar-refractivity contribution >= 4 is 29.1 Å². The Morgan fingerprint density at radius 3 is 2.44 bits per heavy atom. The lowest BCUT2D eigenvalue weighted by molar-refractivity contribution is -0.138. The molecule has 1 aromatic heterocycles. The number of hydrogen-bond acceptors (Lipinski definition) is 4. The molecular formula is C11H14N2O4S. The fourth-order valence-electron chi connectivity index (χ4n) is 1.39. The van der Waals surface area contributed by atoms with Crippen LogP contribution in [-0.4, -0.2) is 40.9 Å². The number of thiophene rings is 1. The Morgan fingerprint density at radius 1 is 1.33 bits per heavy atom. The van der Waals surface area contributed by atoms with Gasteiger partial charge in [0.05, 0.1) is 4.88 Å². The highest BCUT2D eigenvalue weighted by molar-refractivity contribution is 7.14. The van der Waals surface area contributed by atoms with Crippen molar-refractivity contribution in [3.8, 4) is 0 Å². The molecule has 0 aliphatic heterocycles. The number of nitrogens with two attached hydrogens (primary N) is 1. The summed E-state index contributed by atoms with van der Waals surface area (Å²) in [7, 11) is 0. The van der Waals surface area contributed by atoms with Crippen LogP contribution in [0.4, 0.5) is 0 Å². The lowest BCUT2D eigenvalue weighted by Crippen LogP contribution is -2.41. The Bertz CT molecular complexity index is 453. The molecule has 0 aromatic carbocycles. The third kappa shape index (κ3) is 3.85. The summed E-state index contributed by atoms with van der Waals surface area (Å²) in [5.74, 6) is -2.41. The van der Waals surface area contributed by atoms with Gasteiger partial charge in [0.2, 0.25) is 5.91 Å². The molecule has 18 heavy (non-hydrogen) atoms. The molecule has 0 radical (unpaired) electrons. The van der Waals surface area contributed by atoms with Crippen molar-refractivity contribution in [1.82, 2.24) is 4.90 Å². The normalized spacial score (nSPS) is 10.1. The quantitative estimate of drug-likeness (QED) is 0.777. The van der Waals surface area contributed by atoms with Crippen LogP contribution in [0.5, 0.6) is 0 Å². The molecule has 0 bridgehead atoms. The maximum Gasteiger partial charge on any atom is 0.323 e. The van der Waals surface area contributed by atoms with Crippen LogP contribution in [0, 0.1) is 0 Å². The lowest BCUT2D eigenvalue weighted by Gasteiger charge is -2.17. The summed E-state index contributed by atoms with van der Waals surface area (Å²) in [6, 6.07) is 3.43. The van der Waals surface area contributed by atoms with Gasteiger partial charge in [0.25, 0.3) is 5.91 Å². The van der Waals surface area contributed by atoms with Crippen molar-refractivity contribution in [2.45, 2.75) is 13.3 Å².